The van der Waals surface area contributed by atoms with Gasteiger partial charge in [-0.15, -0.1) is 11.3 Å². The standard InChI is InChI=1S/C11H14ClNO2S/c1-8(14)7-13(2)11(15)6-4-9-3-5-10(12)16-9/h3-6,8,14H,7H2,1-2H3. The molecular formula is C11H14ClNO2S. The van der Waals surface area contributed by atoms with Crippen molar-refractivity contribution in [2.24, 2.45) is 0 Å². The molecule has 1 aromatic heterocycles. The van der Waals surface area contributed by atoms with Crippen LogP contribution in [0.5, 0.6) is 0 Å². The molecule has 1 rings (SSSR count). The lowest BCUT2D eigenvalue weighted by molar-refractivity contribution is -0.125. The summed E-state index contributed by atoms with van der Waals surface area (Å²) in [5.74, 6) is -0.134. The Balaban J connectivity index is 2.53. The van der Waals surface area contributed by atoms with Gasteiger partial charge in [-0.3, -0.25) is 4.79 Å². The number of likely N-dealkylation sites (N-methyl/N-ethyl adjacent to an activating group) is 1. The van der Waals surface area contributed by atoms with Crippen molar-refractivity contribution in [2.45, 2.75) is 13.0 Å². The second-order valence-corrected chi connectivity index (χ2v) is 5.29. The molecule has 1 heterocycles. The topological polar surface area (TPSA) is 40.5 Å². The van der Waals surface area contributed by atoms with E-state index in [-0.39, 0.29) is 5.91 Å². The number of nitrogens with zero attached hydrogens (tertiary/aromatic N) is 1. The van der Waals surface area contributed by atoms with Crippen molar-refractivity contribution in [1.29, 1.82) is 0 Å². The fraction of sp³-hybridized carbons (Fsp3) is 0.364. The van der Waals surface area contributed by atoms with Crippen LogP contribution in [-0.4, -0.2) is 35.6 Å². The lowest BCUT2D eigenvalue weighted by Gasteiger charge is -2.16. The van der Waals surface area contributed by atoms with E-state index in [4.69, 9.17) is 16.7 Å². The van der Waals surface area contributed by atoms with E-state index in [1.54, 1.807) is 26.1 Å². The van der Waals surface area contributed by atoms with Gasteiger partial charge in [-0.25, -0.2) is 0 Å². The van der Waals surface area contributed by atoms with Gasteiger partial charge in [-0.05, 0) is 25.1 Å². The van der Waals surface area contributed by atoms with E-state index in [1.807, 2.05) is 6.07 Å². The second kappa shape index (κ2) is 6.03. The summed E-state index contributed by atoms with van der Waals surface area (Å²) in [7, 11) is 1.65. The largest absolute Gasteiger partial charge is 0.392 e. The molecule has 16 heavy (non-hydrogen) atoms. The number of carbonyl (C=O) groups is 1. The molecule has 0 aliphatic carbocycles. The first-order chi connectivity index (χ1) is 7.49. The Hall–Kier alpha value is -0.840. The Bertz CT molecular complexity index is 387. The summed E-state index contributed by atoms with van der Waals surface area (Å²) in [6.45, 7) is 1.97. The zero-order chi connectivity index (χ0) is 12.1. The number of hydrogen-bond donors (Lipinski definition) is 1. The summed E-state index contributed by atoms with van der Waals surface area (Å²) < 4.78 is 0.699. The minimum atomic E-state index is -0.515. The minimum Gasteiger partial charge on any atom is -0.392 e. The molecule has 88 valence electrons. The molecule has 0 saturated heterocycles. The predicted octanol–water partition coefficient (Wildman–Crippen LogP) is 2.25. The summed E-state index contributed by atoms with van der Waals surface area (Å²) in [4.78, 5) is 14.0. The van der Waals surface area contributed by atoms with E-state index < -0.39 is 6.10 Å². The van der Waals surface area contributed by atoms with Crippen molar-refractivity contribution < 1.29 is 9.90 Å². The molecule has 0 aromatic carbocycles. The normalized spacial score (nSPS) is 13.0. The van der Waals surface area contributed by atoms with Crippen LogP contribution in [0.2, 0.25) is 4.34 Å². The monoisotopic (exact) mass is 259 g/mol. The zero-order valence-corrected chi connectivity index (χ0v) is 10.8. The van der Waals surface area contributed by atoms with Crippen molar-refractivity contribution in [3.8, 4) is 0 Å². The molecule has 1 unspecified atom stereocenters. The number of rotatable bonds is 4. The van der Waals surface area contributed by atoms with E-state index in [0.717, 1.165) is 4.88 Å². The summed E-state index contributed by atoms with van der Waals surface area (Å²) in [5.41, 5.74) is 0. The Morgan fingerprint density at radius 1 is 1.69 bits per heavy atom. The third kappa shape index (κ3) is 4.35. The molecule has 5 heteroatoms. The lowest BCUT2D eigenvalue weighted by atomic mass is 10.3. The smallest absolute Gasteiger partial charge is 0.246 e. The molecule has 0 saturated carbocycles. The zero-order valence-electron chi connectivity index (χ0n) is 9.18. The van der Waals surface area contributed by atoms with Crippen LogP contribution in [0.25, 0.3) is 6.08 Å². The van der Waals surface area contributed by atoms with Gasteiger partial charge in [0.1, 0.15) is 0 Å². The van der Waals surface area contributed by atoms with Crippen LogP contribution in [-0.2, 0) is 4.79 Å². The number of hydrogen-bond acceptors (Lipinski definition) is 3. The summed E-state index contributed by atoms with van der Waals surface area (Å²) in [6.07, 6.45) is 2.68. The SMILES string of the molecule is CC(O)CN(C)C(=O)C=Cc1ccc(Cl)s1. The van der Waals surface area contributed by atoms with Crippen LogP contribution in [0.3, 0.4) is 0 Å². The van der Waals surface area contributed by atoms with E-state index in [0.29, 0.717) is 10.9 Å². The van der Waals surface area contributed by atoms with Gasteiger partial charge in [-0.2, -0.15) is 0 Å². The number of halogens is 1. The third-order valence-electron chi connectivity index (χ3n) is 1.90. The first-order valence-electron chi connectivity index (χ1n) is 4.85. The molecule has 1 aromatic rings. The highest BCUT2D eigenvalue weighted by molar-refractivity contribution is 7.17. The Labute approximate surface area is 104 Å². The van der Waals surface area contributed by atoms with E-state index in [2.05, 4.69) is 0 Å². The molecule has 1 N–H and O–H groups in total. The average Bonchev–Trinajstić information content (AvgIpc) is 2.59. The van der Waals surface area contributed by atoms with E-state index >= 15 is 0 Å². The Kier molecular flexibility index (Phi) is 4.99. The average molecular weight is 260 g/mol. The van der Waals surface area contributed by atoms with Gasteiger partial charge in [0.05, 0.1) is 10.4 Å². The first kappa shape index (κ1) is 13.2. The van der Waals surface area contributed by atoms with Gasteiger partial charge in [0.25, 0.3) is 0 Å². The van der Waals surface area contributed by atoms with Gasteiger partial charge >= 0.3 is 0 Å². The van der Waals surface area contributed by atoms with E-state index in [9.17, 15) is 4.79 Å². The van der Waals surface area contributed by atoms with Crippen LogP contribution in [0.4, 0.5) is 0 Å². The Morgan fingerprint density at radius 2 is 2.38 bits per heavy atom. The molecule has 0 radical (unpaired) electrons. The van der Waals surface area contributed by atoms with Crippen molar-refractivity contribution >= 4 is 34.9 Å². The second-order valence-electron chi connectivity index (χ2n) is 3.54. The van der Waals surface area contributed by atoms with Crippen LogP contribution >= 0.6 is 22.9 Å². The van der Waals surface area contributed by atoms with Crippen LogP contribution in [0.15, 0.2) is 18.2 Å². The van der Waals surface area contributed by atoms with Crippen LogP contribution in [0.1, 0.15) is 11.8 Å². The summed E-state index contributed by atoms with van der Waals surface area (Å²) >= 11 is 7.18. The maximum atomic E-state index is 11.6. The van der Waals surface area contributed by atoms with Gasteiger partial charge in [0, 0.05) is 24.5 Å². The van der Waals surface area contributed by atoms with Gasteiger partial charge in [-0.1, -0.05) is 11.6 Å². The highest BCUT2D eigenvalue weighted by Gasteiger charge is 2.07. The maximum absolute atomic E-state index is 11.6. The summed E-state index contributed by atoms with van der Waals surface area (Å²) in [6, 6.07) is 3.64. The fourth-order valence-electron chi connectivity index (χ4n) is 1.18. The number of carbonyl (C=O) groups excluding carboxylic acids is 1. The highest BCUT2D eigenvalue weighted by atomic mass is 35.5. The molecular weight excluding hydrogens is 246 g/mol. The minimum absolute atomic E-state index is 0.134. The fourth-order valence-corrected chi connectivity index (χ4v) is 2.15. The highest BCUT2D eigenvalue weighted by Crippen LogP contribution is 2.22. The molecule has 3 nitrogen and oxygen atoms in total. The maximum Gasteiger partial charge on any atom is 0.246 e. The van der Waals surface area contributed by atoms with E-state index in [1.165, 1.54) is 22.3 Å². The van der Waals surface area contributed by atoms with Gasteiger partial charge in [0.15, 0.2) is 0 Å². The van der Waals surface area contributed by atoms with Crippen molar-refractivity contribution in [3.63, 3.8) is 0 Å². The quantitative estimate of drug-likeness (QED) is 0.843. The molecule has 0 spiro atoms. The Morgan fingerprint density at radius 3 is 2.88 bits per heavy atom. The van der Waals surface area contributed by atoms with Crippen molar-refractivity contribution in [2.75, 3.05) is 13.6 Å². The predicted molar refractivity (Wildman–Crippen MR) is 67.7 cm³/mol. The molecule has 0 aliphatic heterocycles. The van der Waals surface area contributed by atoms with Crippen LogP contribution in [0, 0.1) is 0 Å². The number of aliphatic hydroxyl groups is 1. The van der Waals surface area contributed by atoms with Crippen molar-refractivity contribution in [3.05, 3.63) is 27.4 Å². The number of amides is 1. The number of aliphatic hydroxyl groups excluding tert-OH is 1. The molecule has 0 fully saturated rings. The lowest BCUT2D eigenvalue weighted by Crippen LogP contribution is -2.31. The van der Waals surface area contributed by atoms with Crippen LogP contribution < -0.4 is 0 Å². The summed E-state index contributed by atoms with van der Waals surface area (Å²) in [5, 5.41) is 9.13. The molecule has 1 amide bonds. The number of thiophene rings is 1. The van der Waals surface area contributed by atoms with Crippen molar-refractivity contribution in [1.82, 2.24) is 4.90 Å². The van der Waals surface area contributed by atoms with Gasteiger partial charge in [0.2, 0.25) is 5.91 Å². The van der Waals surface area contributed by atoms with Gasteiger partial charge < -0.3 is 10.0 Å². The molecule has 0 bridgehead atoms. The first-order valence-corrected chi connectivity index (χ1v) is 6.05. The molecule has 1 atom stereocenters. The molecule has 0 aliphatic rings. The third-order valence-corrected chi connectivity index (χ3v) is 3.09.